The molecule has 0 heterocycles. The molecule has 0 amide bonds. The molecule has 0 nitrogen and oxygen atoms in total. The maximum atomic E-state index is 2.33. The first kappa shape index (κ1) is 19.8. The molecule has 0 radical (unpaired) electrons. The minimum absolute atomic E-state index is 0.133. The number of hydrogen-bond donors (Lipinski definition) is 0. The fourth-order valence-electron chi connectivity index (χ4n) is 5.53. The van der Waals surface area contributed by atoms with Crippen molar-refractivity contribution in [1.29, 1.82) is 0 Å². The van der Waals surface area contributed by atoms with Crippen molar-refractivity contribution in [2.45, 2.75) is 13.8 Å². The lowest BCUT2D eigenvalue weighted by molar-refractivity contribution is 1.52. The molecular formula is C32H25B. The summed E-state index contributed by atoms with van der Waals surface area (Å²) in [6.07, 6.45) is 0. The van der Waals surface area contributed by atoms with E-state index >= 15 is 0 Å². The van der Waals surface area contributed by atoms with Crippen molar-refractivity contribution in [2.24, 2.45) is 0 Å². The standard InChI is InChI=1S/C32H25B/c1-22-18-20-25-11-4-7-15-28(25)31(22)33(30-17-9-13-24-10-3-6-14-27(24)30)32-23(2)19-21-26-12-5-8-16-29(26)32/h3-21H,1-2H3. The van der Waals surface area contributed by atoms with E-state index in [2.05, 4.69) is 129 Å². The van der Waals surface area contributed by atoms with Crippen LogP contribution in [0.4, 0.5) is 0 Å². The summed E-state index contributed by atoms with van der Waals surface area (Å²) in [5.41, 5.74) is 6.85. The van der Waals surface area contributed by atoms with Crippen molar-refractivity contribution in [1.82, 2.24) is 0 Å². The highest BCUT2D eigenvalue weighted by atomic mass is 14.1. The zero-order chi connectivity index (χ0) is 22.4. The number of hydrogen-bond acceptors (Lipinski definition) is 0. The molecule has 0 unspecified atom stereocenters. The van der Waals surface area contributed by atoms with Gasteiger partial charge in [0.2, 0.25) is 6.71 Å². The molecule has 0 aliphatic carbocycles. The average molecular weight is 420 g/mol. The maximum absolute atomic E-state index is 2.33. The van der Waals surface area contributed by atoms with Gasteiger partial charge in [-0.2, -0.15) is 0 Å². The van der Waals surface area contributed by atoms with Crippen molar-refractivity contribution in [3.05, 3.63) is 126 Å². The zero-order valence-corrected chi connectivity index (χ0v) is 19.0. The van der Waals surface area contributed by atoms with Gasteiger partial charge in [-0.1, -0.05) is 143 Å². The third-order valence-corrected chi connectivity index (χ3v) is 7.09. The van der Waals surface area contributed by atoms with Crippen molar-refractivity contribution in [2.75, 3.05) is 0 Å². The first-order chi connectivity index (χ1) is 16.2. The summed E-state index contributed by atoms with van der Waals surface area (Å²) in [6.45, 7) is 4.66. The van der Waals surface area contributed by atoms with Gasteiger partial charge in [0.25, 0.3) is 0 Å². The third kappa shape index (κ3) is 3.24. The Hall–Kier alpha value is -3.84. The largest absolute Gasteiger partial charge is 0.244 e. The van der Waals surface area contributed by atoms with Gasteiger partial charge in [-0.15, -0.1) is 0 Å². The molecule has 0 aliphatic heterocycles. The summed E-state index contributed by atoms with van der Waals surface area (Å²) in [5, 5.41) is 7.87. The highest BCUT2D eigenvalue weighted by Gasteiger charge is 2.29. The van der Waals surface area contributed by atoms with E-state index in [1.807, 2.05) is 0 Å². The Kier molecular flexibility index (Phi) is 4.77. The van der Waals surface area contributed by atoms with Crippen LogP contribution in [0.2, 0.25) is 0 Å². The molecule has 0 aromatic heterocycles. The molecule has 156 valence electrons. The fourth-order valence-corrected chi connectivity index (χ4v) is 5.53. The van der Waals surface area contributed by atoms with Gasteiger partial charge < -0.3 is 0 Å². The van der Waals surface area contributed by atoms with Crippen LogP contribution in [0.3, 0.4) is 0 Å². The topological polar surface area (TPSA) is 0 Å². The molecule has 0 spiro atoms. The summed E-state index contributed by atoms with van der Waals surface area (Å²) in [6, 6.07) is 42.3. The number of benzene rings is 6. The lowest BCUT2D eigenvalue weighted by Crippen LogP contribution is -2.54. The molecule has 0 atom stereocenters. The van der Waals surface area contributed by atoms with Crippen LogP contribution in [0.1, 0.15) is 11.1 Å². The SMILES string of the molecule is Cc1ccc2ccccc2c1B(c1cccc2ccccc12)c1c(C)ccc2ccccc12. The smallest absolute Gasteiger partial charge is 0.0663 e. The van der Waals surface area contributed by atoms with E-state index < -0.39 is 0 Å². The summed E-state index contributed by atoms with van der Waals surface area (Å²) >= 11 is 0. The molecule has 6 aromatic rings. The fraction of sp³-hybridized carbons (Fsp3) is 0.0625. The van der Waals surface area contributed by atoms with Crippen LogP contribution in [0.15, 0.2) is 115 Å². The second kappa shape index (κ2) is 7.94. The van der Waals surface area contributed by atoms with Gasteiger partial charge in [0.15, 0.2) is 0 Å². The molecule has 6 aromatic carbocycles. The van der Waals surface area contributed by atoms with Gasteiger partial charge in [-0.3, -0.25) is 0 Å². The van der Waals surface area contributed by atoms with Crippen LogP contribution in [-0.4, -0.2) is 6.71 Å². The van der Waals surface area contributed by atoms with Crippen molar-refractivity contribution in [3.8, 4) is 0 Å². The Balaban J connectivity index is 1.81. The van der Waals surface area contributed by atoms with E-state index in [-0.39, 0.29) is 6.71 Å². The number of fused-ring (bicyclic) bond motifs is 3. The average Bonchev–Trinajstić information content (AvgIpc) is 2.86. The van der Waals surface area contributed by atoms with Crippen LogP contribution in [0, 0.1) is 13.8 Å². The van der Waals surface area contributed by atoms with Crippen molar-refractivity contribution >= 4 is 55.4 Å². The van der Waals surface area contributed by atoms with Crippen LogP contribution in [0.5, 0.6) is 0 Å². The van der Waals surface area contributed by atoms with E-state index in [1.165, 1.54) is 59.8 Å². The summed E-state index contributed by atoms with van der Waals surface area (Å²) < 4.78 is 0. The van der Waals surface area contributed by atoms with Crippen LogP contribution >= 0.6 is 0 Å². The van der Waals surface area contributed by atoms with Gasteiger partial charge in [-0.05, 0) is 46.2 Å². The molecule has 0 saturated carbocycles. The van der Waals surface area contributed by atoms with Crippen LogP contribution in [0.25, 0.3) is 32.3 Å². The number of rotatable bonds is 3. The molecule has 0 fully saturated rings. The molecule has 6 rings (SSSR count). The molecule has 33 heavy (non-hydrogen) atoms. The van der Waals surface area contributed by atoms with E-state index in [0.717, 1.165) is 0 Å². The second-order valence-electron chi connectivity index (χ2n) is 9.04. The Bertz CT molecular complexity index is 1550. The maximum Gasteiger partial charge on any atom is 0.244 e. The van der Waals surface area contributed by atoms with Gasteiger partial charge >= 0.3 is 0 Å². The molecule has 0 bridgehead atoms. The minimum Gasteiger partial charge on any atom is -0.0663 e. The monoisotopic (exact) mass is 420 g/mol. The van der Waals surface area contributed by atoms with E-state index in [1.54, 1.807) is 0 Å². The second-order valence-corrected chi connectivity index (χ2v) is 9.04. The normalized spacial score (nSPS) is 11.3. The van der Waals surface area contributed by atoms with E-state index in [4.69, 9.17) is 0 Å². The van der Waals surface area contributed by atoms with Crippen molar-refractivity contribution in [3.63, 3.8) is 0 Å². The van der Waals surface area contributed by atoms with Crippen molar-refractivity contribution < 1.29 is 0 Å². The Morgan fingerprint density at radius 2 is 0.818 bits per heavy atom. The third-order valence-electron chi connectivity index (χ3n) is 7.09. The molecule has 1 heteroatoms. The minimum atomic E-state index is 0.133. The quantitative estimate of drug-likeness (QED) is 0.296. The van der Waals surface area contributed by atoms with Crippen LogP contribution < -0.4 is 16.4 Å². The predicted octanol–water partition coefficient (Wildman–Crippen LogP) is 6.28. The Morgan fingerprint density at radius 3 is 1.36 bits per heavy atom. The summed E-state index contributed by atoms with van der Waals surface area (Å²) in [7, 11) is 0. The zero-order valence-electron chi connectivity index (χ0n) is 19.0. The van der Waals surface area contributed by atoms with Gasteiger partial charge in [0.1, 0.15) is 0 Å². The lowest BCUT2D eigenvalue weighted by Gasteiger charge is -2.24. The highest BCUT2D eigenvalue weighted by molar-refractivity contribution is 7.00. The van der Waals surface area contributed by atoms with Gasteiger partial charge in [-0.25, -0.2) is 0 Å². The number of aryl methyl sites for hydroxylation is 2. The molecule has 0 saturated heterocycles. The van der Waals surface area contributed by atoms with E-state index in [0.29, 0.717) is 0 Å². The van der Waals surface area contributed by atoms with Gasteiger partial charge in [0.05, 0.1) is 0 Å². The summed E-state index contributed by atoms with van der Waals surface area (Å²) in [5.74, 6) is 0. The first-order valence-electron chi connectivity index (χ1n) is 11.7. The predicted molar refractivity (Wildman–Crippen MR) is 146 cm³/mol. The first-order valence-corrected chi connectivity index (χ1v) is 11.7. The Morgan fingerprint density at radius 1 is 0.394 bits per heavy atom. The van der Waals surface area contributed by atoms with E-state index in [9.17, 15) is 0 Å². The molecule has 0 N–H and O–H groups in total. The Labute approximate surface area is 195 Å². The molecular weight excluding hydrogens is 395 g/mol. The lowest BCUT2D eigenvalue weighted by atomic mass is 9.34. The molecule has 0 aliphatic rings. The summed E-state index contributed by atoms with van der Waals surface area (Å²) in [4.78, 5) is 0. The van der Waals surface area contributed by atoms with Crippen LogP contribution in [-0.2, 0) is 0 Å². The van der Waals surface area contributed by atoms with Gasteiger partial charge in [0, 0.05) is 0 Å². The highest BCUT2D eigenvalue weighted by Crippen LogP contribution is 2.21.